The van der Waals surface area contributed by atoms with Crippen LogP contribution in [-0.4, -0.2) is 0 Å². The summed E-state index contributed by atoms with van der Waals surface area (Å²) in [7, 11) is 0. The SMILES string of the molecule is CCCCCCCCc1cc(I)c(I)cc1CCCCCCCC. The van der Waals surface area contributed by atoms with Crippen LogP contribution in [0.1, 0.15) is 102 Å². The van der Waals surface area contributed by atoms with Crippen LogP contribution in [0.3, 0.4) is 0 Å². The van der Waals surface area contributed by atoms with Crippen molar-refractivity contribution in [3.8, 4) is 0 Å². The number of rotatable bonds is 14. The van der Waals surface area contributed by atoms with E-state index in [1.807, 2.05) is 0 Å². The highest BCUT2D eigenvalue weighted by Crippen LogP contribution is 2.24. The summed E-state index contributed by atoms with van der Waals surface area (Å²) in [6, 6.07) is 4.92. The lowest BCUT2D eigenvalue weighted by Crippen LogP contribution is -1.99. The van der Waals surface area contributed by atoms with Gasteiger partial charge in [0.2, 0.25) is 0 Å². The molecule has 0 N–H and O–H groups in total. The molecule has 0 saturated carbocycles. The van der Waals surface area contributed by atoms with Crippen LogP contribution >= 0.6 is 45.2 Å². The van der Waals surface area contributed by atoms with Crippen molar-refractivity contribution in [2.45, 2.75) is 104 Å². The summed E-state index contributed by atoms with van der Waals surface area (Å²) in [5.74, 6) is 0. The van der Waals surface area contributed by atoms with Crippen LogP contribution < -0.4 is 0 Å². The van der Waals surface area contributed by atoms with Crippen LogP contribution in [0.15, 0.2) is 12.1 Å². The Labute approximate surface area is 178 Å². The van der Waals surface area contributed by atoms with E-state index in [0.29, 0.717) is 0 Å². The van der Waals surface area contributed by atoms with Crippen molar-refractivity contribution in [2.75, 3.05) is 0 Å². The molecule has 0 heterocycles. The zero-order valence-corrected chi connectivity index (χ0v) is 20.1. The molecule has 0 bridgehead atoms. The Balaban J connectivity index is 2.42. The van der Waals surface area contributed by atoms with Crippen molar-refractivity contribution in [1.29, 1.82) is 0 Å². The Bertz CT molecular complexity index is 399. The average molecular weight is 554 g/mol. The second-order valence-corrected chi connectivity index (χ2v) is 9.39. The Morgan fingerprint density at radius 1 is 0.542 bits per heavy atom. The Hall–Kier alpha value is 0.680. The second kappa shape index (κ2) is 14.8. The summed E-state index contributed by atoms with van der Waals surface area (Å²) in [5.41, 5.74) is 3.26. The average Bonchev–Trinajstić information content (AvgIpc) is 2.57. The number of unbranched alkanes of at least 4 members (excludes halogenated alkanes) is 10. The molecule has 0 atom stereocenters. The molecule has 0 amide bonds. The fourth-order valence-corrected chi connectivity index (χ4v) is 4.35. The molecule has 1 aromatic carbocycles. The first-order chi connectivity index (χ1) is 11.7. The Morgan fingerprint density at radius 3 is 1.25 bits per heavy atom. The van der Waals surface area contributed by atoms with Crippen LogP contribution in [0.5, 0.6) is 0 Å². The minimum absolute atomic E-state index is 1.28. The Kier molecular flexibility index (Phi) is 14.0. The number of halogens is 2. The molecule has 24 heavy (non-hydrogen) atoms. The van der Waals surface area contributed by atoms with Gasteiger partial charge in [0, 0.05) is 7.14 Å². The molecule has 0 aliphatic carbocycles. The van der Waals surface area contributed by atoms with Gasteiger partial charge in [0.1, 0.15) is 0 Å². The van der Waals surface area contributed by atoms with Crippen molar-refractivity contribution in [1.82, 2.24) is 0 Å². The molecule has 0 aliphatic rings. The minimum atomic E-state index is 1.28. The predicted octanol–water partition coefficient (Wildman–Crippen LogP) is 8.70. The molecule has 0 radical (unpaired) electrons. The van der Waals surface area contributed by atoms with Crippen LogP contribution in [0, 0.1) is 7.14 Å². The van der Waals surface area contributed by atoms with Crippen molar-refractivity contribution < 1.29 is 0 Å². The largest absolute Gasteiger partial charge is 0.0654 e. The quantitative estimate of drug-likeness (QED) is 0.160. The molecule has 0 aromatic heterocycles. The first kappa shape index (κ1) is 22.7. The first-order valence-electron chi connectivity index (χ1n) is 10.2. The van der Waals surface area contributed by atoms with E-state index >= 15 is 0 Å². The van der Waals surface area contributed by atoms with Gasteiger partial charge in [-0.2, -0.15) is 0 Å². The van der Waals surface area contributed by atoms with Gasteiger partial charge in [-0.15, -0.1) is 0 Å². The Morgan fingerprint density at radius 2 is 0.875 bits per heavy atom. The maximum Gasteiger partial charge on any atom is 0.0266 e. The highest BCUT2D eigenvalue weighted by molar-refractivity contribution is 14.1. The van der Waals surface area contributed by atoms with E-state index in [4.69, 9.17) is 0 Å². The third-order valence-electron chi connectivity index (χ3n) is 4.84. The van der Waals surface area contributed by atoms with Gasteiger partial charge in [0.25, 0.3) is 0 Å². The molecule has 2 heteroatoms. The summed E-state index contributed by atoms with van der Waals surface area (Å²) in [5, 5.41) is 0. The lowest BCUT2D eigenvalue weighted by molar-refractivity contribution is 0.599. The highest BCUT2D eigenvalue weighted by Gasteiger charge is 2.07. The van der Waals surface area contributed by atoms with Crippen LogP contribution in [0.4, 0.5) is 0 Å². The maximum atomic E-state index is 2.50. The van der Waals surface area contributed by atoms with Gasteiger partial charge in [-0.25, -0.2) is 0 Å². The third-order valence-corrected chi connectivity index (χ3v) is 7.66. The second-order valence-electron chi connectivity index (χ2n) is 7.07. The van der Waals surface area contributed by atoms with Gasteiger partial charge in [-0.3, -0.25) is 0 Å². The van der Waals surface area contributed by atoms with E-state index in [2.05, 4.69) is 71.2 Å². The summed E-state index contributed by atoms with van der Waals surface area (Å²) in [6.45, 7) is 4.59. The maximum absolute atomic E-state index is 2.50. The molecule has 0 saturated heterocycles. The standard InChI is InChI=1S/C22H36I2/c1-3-5-7-9-11-13-15-19-17-21(23)22(24)18-20(19)16-14-12-10-8-6-4-2/h17-18H,3-16H2,1-2H3. The van der Waals surface area contributed by atoms with Gasteiger partial charge in [-0.05, 0) is 94.1 Å². The van der Waals surface area contributed by atoms with Crippen LogP contribution in [-0.2, 0) is 12.8 Å². The lowest BCUT2D eigenvalue weighted by Gasteiger charge is -2.12. The number of aryl methyl sites for hydroxylation is 2. The number of hydrogen-bond donors (Lipinski definition) is 0. The smallest absolute Gasteiger partial charge is 0.0266 e. The van der Waals surface area contributed by atoms with Gasteiger partial charge < -0.3 is 0 Å². The fraction of sp³-hybridized carbons (Fsp3) is 0.727. The zero-order valence-electron chi connectivity index (χ0n) is 15.8. The third kappa shape index (κ3) is 9.98. The van der Waals surface area contributed by atoms with Gasteiger partial charge in [0.15, 0.2) is 0 Å². The molecule has 138 valence electrons. The molecule has 0 aliphatic heterocycles. The van der Waals surface area contributed by atoms with E-state index in [1.54, 1.807) is 11.1 Å². The van der Waals surface area contributed by atoms with E-state index in [0.717, 1.165) is 0 Å². The minimum Gasteiger partial charge on any atom is -0.0654 e. The van der Waals surface area contributed by atoms with Gasteiger partial charge in [-0.1, -0.05) is 78.1 Å². The zero-order chi connectivity index (χ0) is 17.6. The van der Waals surface area contributed by atoms with Crippen LogP contribution in [0.2, 0.25) is 0 Å². The summed E-state index contributed by atoms with van der Waals surface area (Å²) in [6.07, 6.45) is 19.3. The van der Waals surface area contributed by atoms with E-state index in [1.165, 1.54) is 97.0 Å². The van der Waals surface area contributed by atoms with Gasteiger partial charge in [0.05, 0.1) is 0 Å². The predicted molar refractivity (Wildman–Crippen MR) is 126 cm³/mol. The normalized spacial score (nSPS) is 11.2. The van der Waals surface area contributed by atoms with E-state index in [9.17, 15) is 0 Å². The molecule has 0 nitrogen and oxygen atoms in total. The van der Waals surface area contributed by atoms with E-state index < -0.39 is 0 Å². The molecule has 1 aromatic rings. The van der Waals surface area contributed by atoms with Crippen molar-refractivity contribution in [3.05, 3.63) is 30.4 Å². The van der Waals surface area contributed by atoms with E-state index in [-0.39, 0.29) is 0 Å². The highest BCUT2D eigenvalue weighted by atomic mass is 127. The van der Waals surface area contributed by atoms with Crippen molar-refractivity contribution in [3.63, 3.8) is 0 Å². The summed E-state index contributed by atoms with van der Waals surface area (Å²) >= 11 is 5.00. The molecule has 0 fully saturated rings. The number of hydrogen-bond acceptors (Lipinski definition) is 0. The van der Waals surface area contributed by atoms with Gasteiger partial charge >= 0.3 is 0 Å². The molecule has 0 unspecified atom stereocenters. The monoisotopic (exact) mass is 554 g/mol. The number of benzene rings is 1. The lowest BCUT2D eigenvalue weighted by atomic mass is 9.96. The van der Waals surface area contributed by atoms with Crippen molar-refractivity contribution >= 4 is 45.2 Å². The summed E-state index contributed by atoms with van der Waals surface area (Å²) < 4.78 is 2.86. The topological polar surface area (TPSA) is 0 Å². The molecular formula is C22H36I2. The fourth-order valence-electron chi connectivity index (χ4n) is 3.29. The van der Waals surface area contributed by atoms with Crippen LogP contribution in [0.25, 0.3) is 0 Å². The van der Waals surface area contributed by atoms with Crippen molar-refractivity contribution in [2.24, 2.45) is 0 Å². The molecular weight excluding hydrogens is 518 g/mol. The summed E-state index contributed by atoms with van der Waals surface area (Å²) in [4.78, 5) is 0. The molecule has 0 spiro atoms. The molecule has 1 rings (SSSR count). The first-order valence-corrected chi connectivity index (χ1v) is 12.3.